The first-order chi connectivity index (χ1) is 12.4. The summed E-state index contributed by atoms with van der Waals surface area (Å²) in [7, 11) is 0. The number of hydrazone groups is 1. The maximum absolute atomic E-state index is 12.7. The van der Waals surface area contributed by atoms with Gasteiger partial charge in [-0.15, -0.1) is 5.01 Å². The second-order valence-electron chi connectivity index (χ2n) is 5.70. The predicted molar refractivity (Wildman–Crippen MR) is 89.8 cm³/mol. The van der Waals surface area contributed by atoms with E-state index in [4.69, 9.17) is 0 Å². The van der Waals surface area contributed by atoms with Crippen LogP contribution in [0.4, 0.5) is 13.6 Å². The molecule has 1 heterocycles. The highest BCUT2D eigenvalue weighted by molar-refractivity contribution is 6.07. The fraction of sp³-hybridized carbons (Fsp3) is 0.167. The van der Waals surface area contributed by atoms with E-state index in [-0.39, 0.29) is 11.3 Å². The van der Waals surface area contributed by atoms with Crippen molar-refractivity contribution in [3.8, 4) is 5.75 Å². The lowest BCUT2D eigenvalue weighted by Gasteiger charge is -2.20. The molecule has 0 radical (unpaired) electrons. The molecular weight excluding hydrogens is 344 g/mol. The van der Waals surface area contributed by atoms with Gasteiger partial charge in [-0.2, -0.15) is 13.9 Å². The summed E-state index contributed by atoms with van der Waals surface area (Å²) in [5, 5.41) is 7.14. The molecule has 0 saturated carbocycles. The monoisotopic (exact) mass is 359 g/mol. The van der Waals surface area contributed by atoms with E-state index < -0.39 is 24.1 Å². The van der Waals surface area contributed by atoms with Gasteiger partial charge in [0.15, 0.2) is 0 Å². The van der Waals surface area contributed by atoms with Crippen LogP contribution in [0.3, 0.4) is 0 Å². The zero-order valence-electron chi connectivity index (χ0n) is 13.7. The zero-order valence-corrected chi connectivity index (χ0v) is 13.7. The van der Waals surface area contributed by atoms with Crippen molar-refractivity contribution >= 4 is 18.2 Å². The molecule has 1 saturated heterocycles. The average molecular weight is 359 g/mol. The van der Waals surface area contributed by atoms with E-state index in [2.05, 4.69) is 15.2 Å². The number of urea groups is 1. The number of benzene rings is 2. The van der Waals surface area contributed by atoms with Gasteiger partial charge in [-0.1, -0.05) is 42.5 Å². The van der Waals surface area contributed by atoms with Gasteiger partial charge in [0.05, 0.1) is 6.21 Å². The normalized spacial score (nSPS) is 20.1. The van der Waals surface area contributed by atoms with Crippen LogP contribution in [0.2, 0.25) is 0 Å². The highest BCUT2D eigenvalue weighted by Gasteiger charge is 2.49. The van der Waals surface area contributed by atoms with Crippen LogP contribution in [0, 0.1) is 0 Å². The minimum absolute atomic E-state index is 0.107. The third-order valence-electron chi connectivity index (χ3n) is 3.97. The number of hydrogen-bond acceptors (Lipinski definition) is 4. The number of nitrogens with zero attached hydrogens (tertiary/aromatic N) is 2. The molecule has 0 spiro atoms. The molecule has 1 N–H and O–H groups in total. The van der Waals surface area contributed by atoms with E-state index in [9.17, 15) is 18.4 Å². The van der Waals surface area contributed by atoms with E-state index in [1.165, 1.54) is 18.2 Å². The molecule has 3 rings (SSSR count). The van der Waals surface area contributed by atoms with E-state index in [1.54, 1.807) is 43.3 Å². The molecule has 134 valence electrons. The van der Waals surface area contributed by atoms with Crippen LogP contribution >= 0.6 is 0 Å². The van der Waals surface area contributed by atoms with Crippen LogP contribution in [0.5, 0.6) is 5.75 Å². The molecule has 1 aliphatic rings. The molecule has 8 heteroatoms. The van der Waals surface area contributed by atoms with Crippen molar-refractivity contribution in [3.05, 3.63) is 65.7 Å². The third-order valence-corrected chi connectivity index (χ3v) is 3.97. The SMILES string of the molecule is C[C@]1(c2ccccc2)NC(=O)N(/N=C\c2ccccc2OC(F)F)C1=O. The number of hydrogen-bond donors (Lipinski definition) is 1. The van der Waals surface area contributed by atoms with Crippen LogP contribution < -0.4 is 10.1 Å². The van der Waals surface area contributed by atoms with Crippen molar-refractivity contribution in [2.45, 2.75) is 19.1 Å². The Morgan fingerprint density at radius 1 is 1.12 bits per heavy atom. The zero-order chi connectivity index (χ0) is 18.7. The number of amides is 3. The Morgan fingerprint density at radius 2 is 1.77 bits per heavy atom. The standard InChI is InChI=1S/C18H15F2N3O3/c1-18(13-8-3-2-4-9-13)15(24)23(17(25)22-18)21-11-12-7-5-6-10-14(12)26-16(19)20/h2-11,16H,1H3,(H,22,25)/b21-11-/t18-/m1/s1. The lowest BCUT2D eigenvalue weighted by atomic mass is 9.92. The van der Waals surface area contributed by atoms with E-state index in [0.29, 0.717) is 10.6 Å². The highest BCUT2D eigenvalue weighted by atomic mass is 19.3. The maximum atomic E-state index is 12.7. The lowest BCUT2D eigenvalue weighted by Crippen LogP contribution is -2.40. The van der Waals surface area contributed by atoms with Gasteiger partial charge in [0, 0.05) is 5.56 Å². The number of carbonyl (C=O) groups excluding carboxylic acids is 2. The molecule has 2 aromatic carbocycles. The molecule has 1 fully saturated rings. The summed E-state index contributed by atoms with van der Waals surface area (Å²) in [6.07, 6.45) is 1.13. The number of alkyl halides is 2. The molecule has 0 aliphatic carbocycles. The van der Waals surface area contributed by atoms with Crippen molar-refractivity contribution < 1.29 is 23.1 Å². The van der Waals surface area contributed by atoms with Gasteiger partial charge >= 0.3 is 12.6 Å². The van der Waals surface area contributed by atoms with Crippen LogP contribution in [-0.4, -0.2) is 29.8 Å². The first kappa shape index (κ1) is 17.5. The minimum Gasteiger partial charge on any atom is -0.434 e. The van der Waals surface area contributed by atoms with Gasteiger partial charge in [-0.05, 0) is 24.6 Å². The molecule has 0 unspecified atom stereocenters. The van der Waals surface area contributed by atoms with Crippen LogP contribution in [0.25, 0.3) is 0 Å². The third kappa shape index (κ3) is 3.26. The molecule has 6 nitrogen and oxygen atoms in total. The van der Waals surface area contributed by atoms with Crippen LogP contribution in [-0.2, 0) is 10.3 Å². The summed E-state index contributed by atoms with van der Waals surface area (Å²) in [5.41, 5.74) is -0.437. The highest BCUT2D eigenvalue weighted by Crippen LogP contribution is 2.29. The van der Waals surface area contributed by atoms with E-state index in [0.717, 1.165) is 6.21 Å². The fourth-order valence-corrected chi connectivity index (χ4v) is 2.61. The average Bonchev–Trinajstić information content (AvgIpc) is 2.85. The topological polar surface area (TPSA) is 71.0 Å². The summed E-state index contributed by atoms with van der Waals surface area (Å²) in [4.78, 5) is 24.9. The van der Waals surface area contributed by atoms with Crippen molar-refractivity contribution in [3.63, 3.8) is 0 Å². The Bertz CT molecular complexity index is 858. The number of halogens is 2. The summed E-state index contributed by atoms with van der Waals surface area (Å²) in [6.45, 7) is -1.42. The number of rotatable bonds is 5. The maximum Gasteiger partial charge on any atom is 0.387 e. The van der Waals surface area contributed by atoms with E-state index in [1.807, 2.05) is 0 Å². The lowest BCUT2D eigenvalue weighted by molar-refractivity contribution is -0.131. The predicted octanol–water partition coefficient (Wildman–Crippen LogP) is 3.09. The van der Waals surface area contributed by atoms with Crippen molar-refractivity contribution in [2.24, 2.45) is 5.10 Å². The Kier molecular flexibility index (Phi) is 4.66. The number of ether oxygens (including phenoxy) is 1. The van der Waals surface area contributed by atoms with Gasteiger partial charge in [-0.3, -0.25) is 4.79 Å². The molecule has 26 heavy (non-hydrogen) atoms. The number of nitrogens with one attached hydrogen (secondary N) is 1. The summed E-state index contributed by atoms with van der Waals surface area (Å²) >= 11 is 0. The van der Waals surface area contributed by atoms with Gasteiger partial charge in [0.25, 0.3) is 5.91 Å². The Labute approximate surface area is 148 Å². The largest absolute Gasteiger partial charge is 0.434 e. The van der Waals surface area contributed by atoms with Crippen molar-refractivity contribution in [1.29, 1.82) is 0 Å². The molecule has 1 atom stereocenters. The second kappa shape index (κ2) is 6.91. The Morgan fingerprint density at radius 3 is 2.46 bits per heavy atom. The molecule has 0 aromatic heterocycles. The van der Waals surface area contributed by atoms with Crippen LogP contribution in [0.15, 0.2) is 59.7 Å². The second-order valence-corrected chi connectivity index (χ2v) is 5.70. The molecular formula is C18H15F2N3O3. The van der Waals surface area contributed by atoms with Crippen molar-refractivity contribution in [1.82, 2.24) is 10.3 Å². The number of carbonyl (C=O) groups is 2. The smallest absolute Gasteiger partial charge is 0.387 e. The number of para-hydroxylation sites is 1. The van der Waals surface area contributed by atoms with Gasteiger partial charge in [0.1, 0.15) is 11.3 Å². The summed E-state index contributed by atoms with van der Waals surface area (Å²) in [5.74, 6) is -0.679. The first-order valence-corrected chi connectivity index (χ1v) is 7.72. The minimum atomic E-state index is -3.00. The van der Waals surface area contributed by atoms with Crippen molar-refractivity contribution in [2.75, 3.05) is 0 Å². The Hall–Kier alpha value is -3.29. The molecule has 1 aliphatic heterocycles. The number of imide groups is 1. The fourth-order valence-electron chi connectivity index (χ4n) is 2.61. The Balaban J connectivity index is 1.86. The molecule has 3 amide bonds. The van der Waals surface area contributed by atoms with Gasteiger partial charge in [-0.25, -0.2) is 4.79 Å². The summed E-state index contributed by atoms with van der Waals surface area (Å²) < 4.78 is 29.3. The first-order valence-electron chi connectivity index (χ1n) is 7.72. The van der Waals surface area contributed by atoms with Gasteiger partial charge in [0.2, 0.25) is 0 Å². The van der Waals surface area contributed by atoms with E-state index >= 15 is 0 Å². The quantitative estimate of drug-likeness (QED) is 0.659. The molecule has 0 bridgehead atoms. The summed E-state index contributed by atoms with van der Waals surface area (Å²) in [6, 6.07) is 14.0. The van der Waals surface area contributed by atoms with Gasteiger partial charge < -0.3 is 10.1 Å². The van der Waals surface area contributed by atoms with Crippen LogP contribution in [0.1, 0.15) is 18.1 Å². The molecule has 2 aromatic rings.